The Balaban J connectivity index is 4.22. The molecule has 62 valence electrons. The van der Waals surface area contributed by atoms with Crippen LogP contribution >= 0.6 is 0 Å². The third-order valence-corrected chi connectivity index (χ3v) is 1.44. The van der Waals surface area contributed by atoms with E-state index in [9.17, 15) is 0 Å². The molecule has 0 unspecified atom stereocenters. The number of rotatable bonds is 4. The minimum Gasteiger partial charge on any atom is -0.327 e. The molecular formula is C10H17N. The normalized spacial score (nSPS) is 12.9. The minimum atomic E-state index is 0.537. The molecule has 0 radical (unpaired) electrons. The van der Waals surface area contributed by atoms with Crippen molar-refractivity contribution in [1.29, 1.82) is 0 Å². The molecule has 0 spiro atoms. The van der Waals surface area contributed by atoms with Crippen LogP contribution in [0.5, 0.6) is 0 Å². The fourth-order valence-electron chi connectivity index (χ4n) is 0.811. The molecule has 0 saturated heterocycles. The van der Waals surface area contributed by atoms with Crippen molar-refractivity contribution in [1.82, 2.24) is 0 Å². The highest BCUT2D eigenvalue weighted by Crippen LogP contribution is 2.09. The molecule has 0 aromatic heterocycles. The fourth-order valence-corrected chi connectivity index (χ4v) is 0.811. The van der Waals surface area contributed by atoms with E-state index in [4.69, 9.17) is 5.73 Å². The highest BCUT2D eigenvalue weighted by atomic mass is 14.5. The Morgan fingerprint density at radius 1 is 1.55 bits per heavy atom. The van der Waals surface area contributed by atoms with Gasteiger partial charge in [0.15, 0.2) is 0 Å². The number of nitrogens with two attached hydrogens (primary N) is 1. The Morgan fingerprint density at radius 2 is 2.18 bits per heavy atom. The third kappa shape index (κ3) is 4.57. The lowest BCUT2D eigenvalue weighted by Gasteiger charge is -2.04. The summed E-state index contributed by atoms with van der Waals surface area (Å²) in [6.07, 6.45) is 7.78. The van der Waals surface area contributed by atoms with Crippen LogP contribution in [0.25, 0.3) is 0 Å². The van der Waals surface area contributed by atoms with Gasteiger partial charge in [-0.3, -0.25) is 0 Å². The van der Waals surface area contributed by atoms with Gasteiger partial charge in [0.05, 0.1) is 0 Å². The first-order chi connectivity index (χ1) is 5.22. The smallest absolute Gasteiger partial charge is 0.0112 e. The Hall–Kier alpha value is -0.820. The van der Waals surface area contributed by atoms with Gasteiger partial charge in [0.1, 0.15) is 0 Å². The van der Waals surface area contributed by atoms with Gasteiger partial charge in [-0.2, -0.15) is 0 Å². The summed E-state index contributed by atoms with van der Waals surface area (Å²) in [5.41, 5.74) is 6.67. The summed E-state index contributed by atoms with van der Waals surface area (Å²) in [7, 11) is 0. The highest BCUT2D eigenvalue weighted by molar-refractivity contribution is 5.23. The van der Waals surface area contributed by atoms with Crippen LogP contribution in [0.15, 0.2) is 36.5 Å². The summed E-state index contributed by atoms with van der Waals surface area (Å²) in [6, 6.07) is 0. The largest absolute Gasteiger partial charge is 0.327 e. The van der Waals surface area contributed by atoms with E-state index in [1.165, 1.54) is 5.57 Å². The zero-order valence-electron chi connectivity index (χ0n) is 7.38. The van der Waals surface area contributed by atoms with E-state index < -0.39 is 0 Å². The number of hydrogen-bond acceptors (Lipinski definition) is 1. The first-order valence-electron chi connectivity index (χ1n) is 3.91. The van der Waals surface area contributed by atoms with Crippen molar-refractivity contribution in [3.63, 3.8) is 0 Å². The van der Waals surface area contributed by atoms with Crippen molar-refractivity contribution in [3.05, 3.63) is 36.5 Å². The second kappa shape index (κ2) is 5.93. The Labute approximate surface area is 69.3 Å². The van der Waals surface area contributed by atoms with Crippen molar-refractivity contribution in [2.45, 2.75) is 13.8 Å². The maximum absolute atomic E-state index is 5.40. The van der Waals surface area contributed by atoms with Gasteiger partial charge in [0.25, 0.3) is 0 Å². The fraction of sp³-hybridized carbons (Fsp3) is 0.400. The van der Waals surface area contributed by atoms with Gasteiger partial charge < -0.3 is 5.73 Å². The maximum Gasteiger partial charge on any atom is 0.0112 e. The Morgan fingerprint density at radius 3 is 2.55 bits per heavy atom. The molecule has 0 aromatic carbocycles. The second-order valence-electron chi connectivity index (χ2n) is 2.69. The monoisotopic (exact) mass is 151 g/mol. The Kier molecular flexibility index (Phi) is 5.49. The lowest BCUT2D eigenvalue weighted by atomic mass is 10.0. The average molecular weight is 151 g/mol. The van der Waals surface area contributed by atoms with Crippen LogP contribution in [0, 0.1) is 5.92 Å². The van der Waals surface area contributed by atoms with E-state index in [-0.39, 0.29) is 0 Å². The van der Waals surface area contributed by atoms with Crippen molar-refractivity contribution < 1.29 is 0 Å². The van der Waals surface area contributed by atoms with Crippen molar-refractivity contribution >= 4 is 0 Å². The van der Waals surface area contributed by atoms with Crippen LogP contribution in [0.3, 0.4) is 0 Å². The molecule has 0 aliphatic heterocycles. The first kappa shape index (κ1) is 10.2. The molecule has 1 nitrogen and oxygen atoms in total. The lowest BCUT2D eigenvalue weighted by Crippen LogP contribution is -1.98. The third-order valence-electron chi connectivity index (χ3n) is 1.44. The summed E-state index contributed by atoms with van der Waals surface area (Å²) in [5.74, 6) is 0.537. The van der Waals surface area contributed by atoms with E-state index >= 15 is 0 Å². The molecular weight excluding hydrogens is 134 g/mol. The highest BCUT2D eigenvalue weighted by Gasteiger charge is 1.95. The van der Waals surface area contributed by atoms with Gasteiger partial charge in [-0.25, -0.2) is 0 Å². The first-order valence-corrected chi connectivity index (χ1v) is 3.91. The Bertz CT molecular complexity index is 164. The van der Waals surface area contributed by atoms with Crippen molar-refractivity contribution in [3.8, 4) is 0 Å². The predicted octanol–water partition coefficient (Wildman–Crippen LogP) is 2.27. The summed E-state index contributed by atoms with van der Waals surface area (Å²) in [6.45, 7) is 8.51. The molecule has 0 saturated carbocycles. The van der Waals surface area contributed by atoms with E-state index in [1.807, 2.05) is 18.2 Å². The van der Waals surface area contributed by atoms with Gasteiger partial charge >= 0.3 is 0 Å². The SMILES string of the molecule is C=C/C=C\C(=C\CN)C(C)C. The van der Waals surface area contributed by atoms with E-state index in [2.05, 4.69) is 20.4 Å². The van der Waals surface area contributed by atoms with Crippen LogP contribution in [-0.4, -0.2) is 6.54 Å². The van der Waals surface area contributed by atoms with Gasteiger partial charge in [-0.05, 0) is 11.5 Å². The van der Waals surface area contributed by atoms with Crippen molar-refractivity contribution in [2.24, 2.45) is 11.7 Å². The molecule has 0 atom stereocenters. The molecule has 0 aliphatic rings. The van der Waals surface area contributed by atoms with E-state index in [1.54, 1.807) is 6.08 Å². The van der Waals surface area contributed by atoms with Gasteiger partial charge in [0.2, 0.25) is 0 Å². The molecule has 2 N–H and O–H groups in total. The average Bonchev–Trinajstić information content (AvgIpc) is 1.97. The minimum absolute atomic E-state index is 0.537. The zero-order valence-corrected chi connectivity index (χ0v) is 7.38. The molecule has 0 fully saturated rings. The molecule has 0 bridgehead atoms. The van der Waals surface area contributed by atoms with Gasteiger partial charge in [0, 0.05) is 6.54 Å². The summed E-state index contributed by atoms with van der Waals surface area (Å²) < 4.78 is 0. The molecule has 0 heterocycles. The number of allylic oxidation sites excluding steroid dienone is 4. The van der Waals surface area contributed by atoms with Gasteiger partial charge in [-0.1, -0.05) is 44.7 Å². The topological polar surface area (TPSA) is 26.0 Å². The maximum atomic E-state index is 5.40. The molecule has 0 amide bonds. The molecule has 1 heteroatoms. The second-order valence-corrected chi connectivity index (χ2v) is 2.69. The summed E-state index contributed by atoms with van der Waals surface area (Å²) >= 11 is 0. The predicted molar refractivity (Wildman–Crippen MR) is 51.3 cm³/mol. The van der Waals surface area contributed by atoms with E-state index in [0.717, 1.165) is 0 Å². The molecule has 0 aliphatic carbocycles. The lowest BCUT2D eigenvalue weighted by molar-refractivity contribution is 0.787. The van der Waals surface area contributed by atoms with Crippen LogP contribution in [0.1, 0.15) is 13.8 Å². The van der Waals surface area contributed by atoms with Crippen molar-refractivity contribution in [2.75, 3.05) is 6.54 Å². The summed E-state index contributed by atoms with van der Waals surface area (Å²) in [5, 5.41) is 0. The molecule has 0 rings (SSSR count). The zero-order chi connectivity index (χ0) is 8.69. The quantitative estimate of drug-likeness (QED) is 0.613. The van der Waals surface area contributed by atoms with E-state index in [0.29, 0.717) is 12.5 Å². The number of hydrogen-bond donors (Lipinski definition) is 1. The van der Waals surface area contributed by atoms with Crippen LogP contribution in [0.4, 0.5) is 0 Å². The van der Waals surface area contributed by atoms with Crippen LogP contribution < -0.4 is 5.73 Å². The van der Waals surface area contributed by atoms with Crippen LogP contribution in [0.2, 0.25) is 0 Å². The standard InChI is InChI=1S/C10H17N/c1-4-5-6-10(7-8-11)9(2)3/h4-7,9H,1,8,11H2,2-3H3/b6-5-,10-7-. The molecule has 0 aromatic rings. The van der Waals surface area contributed by atoms with Crippen LogP contribution in [-0.2, 0) is 0 Å². The van der Waals surface area contributed by atoms with Gasteiger partial charge in [-0.15, -0.1) is 0 Å². The molecule has 11 heavy (non-hydrogen) atoms. The summed E-state index contributed by atoms with van der Waals surface area (Å²) in [4.78, 5) is 0.